The summed E-state index contributed by atoms with van der Waals surface area (Å²) < 4.78 is 10.7. The number of ether oxygens (including phenoxy) is 2. The van der Waals surface area contributed by atoms with E-state index in [0.29, 0.717) is 38.8 Å². The Bertz CT molecular complexity index is 1170. The third kappa shape index (κ3) is 16.6. The second-order valence-electron chi connectivity index (χ2n) is 15.8. The van der Waals surface area contributed by atoms with Crippen LogP contribution >= 0.6 is 0 Å². The number of rotatable bonds is 23. The fourth-order valence-corrected chi connectivity index (χ4v) is 5.67. The predicted octanol–water partition coefficient (Wildman–Crippen LogP) is 6.72. The van der Waals surface area contributed by atoms with Crippen molar-refractivity contribution in [3.05, 3.63) is 24.6 Å². The van der Waals surface area contributed by atoms with Gasteiger partial charge in [0, 0.05) is 73.1 Å². The second-order valence-corrected chi connectivity index (χ2v) is 15.8. The Morgan fingerprint density at radius 3 is 2.12 bits per heavy atom. The topological polar surface area (TPSA) is 126 Å². The van der Waals surface area contributed by atoms with Crippen molar-refractivity contribution in [2.24, 2.45) is 15.8 Å². The highest BCUT2D eigenvalue weighted by atomic mass is 16.5. The number of nitrogens with one attached hydrogen (secondary N) is 2. The Morgan fingerprint density at radius 1 is 0.959 bits per heavy atom. The highest BCUT2D eigenvalue weighted by Gasteiger charge is 2.36. The normalized spacial score (nSPS) is 16.5. The monoisotopic (exact) mass is 689 g/mol. The van der Waals surface area contributed by atoms with E-state index in [9.17, 15) is 19.2 Å². The Kier molecular flexibility index (Phi) is 18.7. The van der Waals surface area contributed by atoms with E-state index >= 15 is 0 Å². The fraction of sp³-hybridized carbons (Fsp3) is 0.769. The van der Waals surface area contributed by atoms with Crippen molar-refractivity contribution in [1.29, 1.82) is 0 Å². The average molecular weight is 689 g/mol. The van der Waals surface area contributed by atoms with Gasteiger partial charge in [-0.15, -0.1) is 0 Å². The first-order valence-corrected chi connectivity index (χ1v) is 18.3. The van der Waals surface area contributed by atoms with E-state index in [2.05, 4.69) is 42.2 Å². The van der Waals surface area contributed by atoms with Crippen molar-refractivity contribution < 1.29 is 28.7 Å². The summed E-state index contributed by atoms with van der Waals surface area (Å²) in [6.07, 6.45) is 8.27. The molecule has 10 nitrogen and oxygen atoms in total. The highest BCUT2D eigenvalue weighted by Crippen LogP contribution is 2.28. The van der Waals surface area contributed by atoms with E-state index in [-0.39, 0.29) is 55.0 Å². The van der Waals surface area contributed by atoms with Gasteiger partial charge in [-0.1, -0.05) is 75.0 Å². The molecule has 0 bridgehead atoms. The maximum absolute atomic E-state index is 13.5. The molecule has 0 amide bonds. The van der Waals surface area contributed by atoms with Gasteiger partial charge >= 0.3 is 11.9 Å². The van der Waals surface area contributed by atoms with Gasteiger partial charge in [0.15, 0.2) is 11.6 Å². The van der Waals surface area contributed by atoms with Crippen molar-refractivity contribution in [3.8, 4) is 0 Å². The van der Waals surface area contributed by atoms with Gasteiger partial charge in [0.25, 0.3) is 0 Å². The van der Waals surface area contributed by atoms with Crippen LogP contribution in [-0.2, 0) is 28.7 Å². The maximum Gasteiger partial charge on any atom is 0.306 e. The van der Waals surface area contributed by atoms with Gasteiger partial charge in [-0.3, -0.25) is 24.2 Å². The minimum atomic E-state index is -0.579. The molecule has 49 heavy (non-hydrogen) atoms. The molecule has 0 radical (unpaired) electrons. The number of nitrogens with zero attached hydrogens (tertiary/aromatic N) is 2. The zero-order valence-corrected chi connectivity index (χ0v) is 32.6. The number of hydrogen-bond acceptors (Lipinski definition) is 10. The molecule has 280 valence electrons. The zero-order valence-electron chi connectivity index (χ0n) is 32.6. The molecule has 3 unspecified atom stereocenters. The molecular weight excluding hydrogens is 620 g/mol. The molecule has 0 aliphatic carbocycles. The van der Waals surface area contributed by atoms with Gasteiger partial charge in [0.2, 0.25) is 0 Å². The van der Waals surface area contributed by atoms with E-state index < -0.39 is 22.4 Å². The molecule has 3 atom stereocenters. The first-order chi connectivity index (χ1) is 22.8. The van der Waals surface area contributed by atoms with Gasteiger partial charge in [-0.2, -0.15) is 0 Å². The lowest BCUT2D eigenvalue weighted by molar-refractivity contribution is -0.145. The van der Waals surface area contributed by atoms with Crippen molar-refractivity contribution in [2.45, 2.75) is 158 Å². The lowest BCUT2D eigenvalue weighted by atomic mass is 9.80. The molecule has 0 spiro atoms. The van der Waals surface area contributed by atoms with Crippen LogP contribution in [0.25, 0.3) is 0 Å². The minimum Gasteiger partial charge on any atom is -0.466 e. The summed E-state index contributed by atoms with van der Waals surface area (Å²) in [6.45, 7) is 27.4. The first kappa shape index (κ1) is 44.2. The summed E-state index contributed by atoms with van der Waals surface area (Å²) in [5, 5.41) is 6.95. The first-order valence-electron chi connectivity index (χ1n) is 18.3. The number of Topliss-reactive ketones (excluding diaryl/α,β-unsaturated/α-hetero) is 2. The summed E-state index contributed by atoms with van der Waals surface area (Å²) in [4.78, 5) is 58.6. The van der Waals surface area contributed by atoms with E-state index in [0.717, 1.165) is 37.2 Å². The summed E-state index contributed by atoms with van der Waals surface area (Å²) in [5.74, 6) is -0.454. The molecule has 1 aliphatic heterocycles. The SMILES string of the molecule is C=CCOC(=O)CCC(NC(C)(CC)CC1=CN(CCCOC(=O)CCC(NC(C)C)C(=O)C(C)(C)CC)CCC(C)=N1)C(=O)C(C)(C)C. The predicted molar refractivity (Wildman–Crippen MR) is 198 cm³/mol. The number of esters is 2. The van der Waals surface area contributed by atoms with Crippen LogP contribution in [0.3, 0.4) is 0 Å². The van der Waals surface area contributed by atoms with Crippen LogP contribution < -0.4 is 10.6 Å². The molecule has 0 aromatic rings. The van der Waals surface area contributed by atoms with Gasteiger partial charge in [0.1, 0.15) is 6.61 Å². The molecule has 0 fully saturated rings. The van der Waals surface area contributed by atoms with Crippen LogP contribution in [0.15, 0.2) is 29.5 Å². The Morgan fingerprint density at radius 2 is 1.57 bits per heavy atom. The third-order valence-corrected chi connectivity index (χ3v) is 9.25. The van der Waals surface area contributed by atoms with Crippen LogP contribution in [0, 0.1) is 10.8 Å². The number of carbonyl (C=O) groups is 4. The summed E-state index contributed by atoms with van der Waals surface area (Å²) in [5.41, 5.74) is 0.475. The molecule has 1 heterocycles. The second kappa shape index (κ2) is 20.7. The van der Waals surface area contributed by atoms with Crippen molar-refractivity contribution in [3.63, 3.8) is 0 Å². The fourth-order valence-electron chi connectivity index (χ4n) is 5.67. The third-order valence-electron chi connectivity index (χ3n) is 9.25. The molecule has 1 rings (SSSR count). The van der Waals surface area contributed by atoms with E-state index in [4.69, 9.17) is 14.5 Å². The van der Waals surface area contributed by atoms with Gasteiger partial charge in [0.05, 0.1) is 24.4 Å². The average Bonchev–Trinajstić information content (AvgIpc) is 3.20. The van der Waals surface area contributed by atoms with Crippen molar-refractivity contribution >= 4 is 29.2 Å². The lowest BCUT2D eigenvalue weighted by Gasteiger charge is -2.36. The molecule has 10 heteroatoms. The van der Waals surface area contributed by atoms with Crippen LogP contribution in [0.5, 0.6) is 0 Å². The lowest BCUT2D eigenvalue weighted by Crippen LogP contribution is -2.53. The smallest absolute Gasteiger partial charge is 0.306 e. The van der Waals surface area contributed by atoms with E-state index in [1.807, 2.05) is 62.3 Å². The van der Waals surface area contributed by atoms with Crippen LogP contribution in [-0.4, -0.2) is 84.1 Å². The molecule has 0 aromatic heterocycles. The standard InChI is InChI=1S/C39H68N4O6/c1-13-24-48-33(44)20-18-32(35(46)37(7,8)9)42-39(12,15-3)26-30-27-43(23-21-29(6)41-30)22-16-25-49-34(45)19-17-31(40-28(4)5)36(47)38(10,11)14-2/h13,27-28,31-32,40,42H,1,14-26H2,2-12H3. The summed E-state index contributed by atoms with van der Waals surface area (Å²) in [6, 6.07) is -0.764. The van der Waals surface area contributed by atoms with Crippen LogP contribution in [0.2, 0.25) is 0 Å². The molecule has 2 N–H and O–H groups in total. The van der Waals surface area contributed by atoms with Crippen LogP contribution in [0.4, 0.5) is 0 Å². The molecule has 1 aliphatic rings. The van der Waals surface area contributed by atoms with Crippen LogP contribution in [0.1, 0.15) is 134 Å². The van der Waals surface area contributed by atoms with Gasteiger partial charge in [-0.05, 0) is 46.0 Å². The quantitative estimate of drug-likeness (QED) is 0.0683. The number of carbonyl (C=O) groups excluding carboxylic acids is 4. The molecule has 0 aromatic carbocycles. The Hall–Kier alpha value is -2.85. The Labute approximate surface area is 297 Å². The van der Waals surface area contributed by atoms with Gasteiger partial charge < -0.3 is 25.0 Å². The summed E-state index contributed by atoms with van der Waals surface area (Å²) in [7, 11) is 0. The van der Waals surface area contributed by atoms with E-state index in [1.54, 1.807) is 0 Å². The maximum atomic E-state index is 13.5. The largest absolute Gasteiger partial charge is 0.466 e. The van der Waals surface area contributed by atoms with Crippen molar-refractivity contribution in [1.82, 2.24) is 15.5 Å². The molecule has 0 saturated heterocycles. The van der Waals surface area contributed by atoms with Gasteiger partial charge in [-0.25, -0.2) is 0 Å². The zero-order chi connectivity index (χ0) is 37.4. The minimum absolute atomic E-state index is 0.0532. The Balaban J connectivity index is 2.87. The number of aliphatic imine (C=N–C) groups is 1. The summed E-state index contributed by atoms with van der Waals surface area (Å²) >= 11 is 0. The molecular formula is C39H68N4O6. The number of ketones is 2. The van der Waals surface area contributed by atoms with Crippen molar-refractivity contribution in [2.75, 3.05) is 26.3 Å². The number of hydrogen-bond donors (Lipinski definition) is 2. The molecule has 0 saturated carbocycles. The van der Waals surface area contributed by atoms with E-state index in [1.165, 1.54) is 6.08 Å². The highest BCUT2D eigenvalue weighted by molar-refractivity contribution is 5.90.